The Hall–Kier alpha value is -1.55. The summed E-state index contributed by atoms with van der Waals surface area (Å²) in [5.41, 5.74) is 1.04. The van der Waals surface area contributed by atoms with Crippen LogP contribution in [0, 0.1) is 5.92 Å². The monoisotopic (exact) mass is 330 g/mol. The van der Waals surface area contributed by atoms with E-state index in [1.807, 2.05) is 31.2 Å². The molecule has 0 spiro atoms. The van der Waals surface area contributed by atoms with E-state index in [2.05, 4.69) is 10.2 Å². The van der Waals surface area contributed by atoms with Crippen molar-refractivity contribution in [3.8, 4) is 5.75 Å². The van der Waals surface area contributed by atoms with Crippen molar-refractivity contribution in [3.63, 3.8) is 0 Å². The highest BCUT2D eigenvalue weighted by Gasteiger charge is 2.32. The summed E-state index contributed by atoms with van der Waals surface area (Å²) in [5.74, 6) is 1.62. The number of benzene rings is 1. The Kier molecular flexibility index (Phi) is 6.13. The first-order chi connectivity index (χ1) is 11.8. The number of hydrogen-bond donors (Lipinski definition) is 1. The average Bonchev–Trinajstić information content (AvgIpc) is 2.62. The summed E-state index contributed by atoms with van der Waals surface area (Å²) in [4.78, 5) is 14.9. The predicted octanol–water partition coefficient (Wildman–Crippen LogP) is 3.01. The normalized spacial score (nSPS) is 24.2. The number of hydrogen-bond acceptors (Lipinski definition) is 3. The van der Waals surface area contributed by atoms with Crippen molar-refractivity contribution in [1.29, 1.82) is 0 Å². The van der Waals surface area contributed by atoms with E-state index in [0.29, 0.717) is 25.0 Å². The van der Waals surface area contributed by atoms with Crippen LogP contribution in [-0.2, 0) is 11.2 Å². The van der Waals surface area contributed by atoms with E-state index in [4.69, 9.17) is 4.74 Å². The topological polar surface area (TPSA) is 41.6 Å². The Balaban J connectivity index is 1.46. The number of nitrogens with one attached hydrogen (secondary N) is 1. The van der Waals surface area contributed by atoms with E-state index >= 15 is 0 Å². The lowest BCUT2D eigenvalue weighted by atomic mass is 9.83. The highest BCUT2D eigenvalue weighted by atomic mass is 16.5. The summed E-state index contributed by atoms with van der Waals surface area (Å²) in [6.45, 7) is 5.97. The minimum absolute atomic E-state index is 0.132. The van der Waals surface area contributed by atoms with Crippen molar-refractivity contribution < 1.29 is 9.53 Å². The van der Waals surface area contributed by atoms with Crippen LogP contribution in [0.2, 0.25) is 0 Å². The average molecular weight is 330 g/mol. The Bertz CT molecular complexity index is 527. The zero-order valence-electron chi connectivity index (χ0n) is 14.8. The van der Waals surface area contributed by atoms with Crippen molar-refractivity contribution in [1.82, 2.24) is 10.2 Å². The van der Waals surface area contributed by atoms with Gasteiger partial charge in [0.05, 0.1) is 13.0 Å². The molecule has 0 saturated carbocycles. The maximum absolute atomic E-state index is 12.3. The molecule has 4 nitrogen and oxygen atoms in total. The Morgan fingerprint density at radius 2 is 1.96 bits per heavy atom. The third kappa shape index (κ3) is 4.50. The highest BCUT2D eigenvalue weighted by molar-refractivity contribution is 5.78. The van der Waals surface area contributed by atoms with Gasteiger partial charge in [0.15, 0.2) is 0 Å². The van der Waals surface area contributed by atoms with Crippen LogP contribution < -0.4 is 10.1 Å². The molecule has 1 aromatic carbocycles. The smallest absolute Gasteiger partial charge is 0.224 e. The summed E-state index contributed by atoms with van der Waals surface area (Å²) >= 11 is 0. The molecule has 2 aliphatic rings. The van der Waals surface area contributed by atoms with Gasteiger partial charge in [0.2, 0.25) is 5.91 Å². The Morgan fingerprint density at radius 1 is 1.17 bits per heavy atom. The predicted molar refractivity (Wildman–Crippen MR) is 96.3 cm³/mol. The van der Waals surface area contributed by atoms with Crippen LogP contribution in [0.3, 0.4) is 0 Å². The zero-order chi connectivity index (χ0) is 16.8. The van der Waals surface area contributed by atoms with Gasteiger partial charge in [0.25, 0.3) is 0 Å². The molecule has 2 unspecified atom stereocenters. The number of carbonyl (C=O) groups excluding carboxylic acids is 1. The quantitative estimate of drug-likeness (QED) is 0.872. The van der Waals surface area contributed by atoms with Crippen LogP contribution in [0.1, 0.15) is 44.6 Å². The van der Waals surface area contributed by atoms with E-state index in [-0.39, 0.29) is 5.91 Å². The molecule has 0 aromatic heterocycles. The minimum atomic E-state index is 0.132. The lowest BCUT2D eigenvalue weighted by Gasteiger charge is -2.44. The first-order valence-corrected chi connectivity index (χ1v) is 9.48. The SMILES string of the molecule is CCOc1ccc(CC(=O)NCC2CCCN3CCCCC23)cc1. The fourth-order valence-corrected chi connectivity index (χ4v) is 4.18. The molecular weight excluding hydrogens is 300 g/mol. The second-order valence-corrected chi connectivity index (χ2v) is 7.06. The molecule has 4 heteroatoms. The molecule has 0 radical (unpaired) electrons. The van der Waals surface area contributed by atoms with Crippen LogP contribution in [0.15, 0.2) is 24.3 Å². The molecule has 3 rings (SSSR count). The second kappa shape index (κ2) is 8.52. The lowest BCUT2D eigenvalue weighted by Crippen LogP contribution is -2.51. The second-order valence-electron chi connectivity index (χ2n) is 7.06. The van der Waals surface area contributed by atoms with Gasteiger partial charge in [-0.2, -0.15) is 0 Å². The molecule has 24 heavy (non-hydrogen) atoms. The Morgan fingerprint density at radius 3 is 2.75 bits per heavy atom. The molecule has 1 aromatic rings. The molecule has 2 saturated heterocycles. The van der Waals surface area contributed by atoms with Crippen molar-refractivity contribution in [2.45, 2.75) is 51.5 Å². The van der Waals surface area contributed by atoms with Gasteiger partial charge in [0.1, 0.15) is 5.75 Å². The number of piperidine rings is 2. The molecule has 1 N–H and O–H groups in total. The van der Waals surface area contributed by atoms with Crippen molar-refractivity contribution in [2.24, 2.45) is 5.92 Å². The molecule has 1 amide bonds. The third-order valence-corrected chi connectivity index (χ3v) is 5.39. The van der Waals surface area contributed by atoms with Gasteiger partial charge in [-0.1, -0.05) is 18.6 Å². The first-order valence-electron chi connectivity index (χ1n) is 9.48. The number of fused-ring (bicyclic) bond motifs is 1. The van der Waals surface area contributed by atoms with Crippen molar-refractivity contribution in [3.05, 3.63) is 29.8 Å². The van der Waals surface area contributed by atoms with Crippen molar-refractivity contribution in [2.75, 3.05) is 26.2 Å². The molecule has 0 aliphatic carbocycles. The third-order valence-electron chi connectivity index (χ3n) is 5.39. The Labute approximate surface area is 145 Å². The summed E-state index contributed by atoms with van der Waals surface area (Å²) in [5, 5.41) is 3.18. The number of amides is 1. The lowest BCUT2D eigenvalue weighted by molar-refractivity contribution is -0.120. The van der Waals surface area contributed by atoms with Crippen LogP contribution in [0.25, 0.3) is 0 Å². The molecule has 2 aliphatic heterocycles. The maximum Gasteiger partial charge on any atom is 0.224 e. The van der Waals surface area contributed by atoms with E-state index in [9.17, 15) is 4.79 Å². The van der Waals surface area contributed by atoms with Gasteiger partial charge in [-0.15, -0.1) is 0 Å². The highest BCUT2D eigenvalue weighted by Crippen LogP contribution is 2.30. The zero-order valence-corrected chi connectivity index (χ0v) is 14.8. The number of ether oxygens (including phenoxy) is 1. The van der Waals surface area contributed by atoms with Gasteiger partial charge in [-0.05, 0) is 69.3 Å². The fraction of sp³-hybridized carbons (Fsp3) is 0.650. The van der Waals surface area contributed by atoms with E-state index < -0.39 is 0 Å². The van der Waals surface area contributed by atoms with E-state index in [0.717, 1.165) is 17.9 Å². The van der Waals surface area contributed by atoms with E-state index in [1.165, 1.54) is 45.2 Å². The summed E-state index contributed by atoms with van der Waals surface area (Å²) in [6.07, 6.45) is 6.97. The maximum atomic E-state index is 12.3. The molecular formula is C20H30N2O2. The molecule has 2 heterocycles. The molecule has 2 atom stereocenters. The van der Waals surface area contributed by atoms with Gasteiger partial charge >= 0.3 is 0 Å². The van der Waals surface area contributed by atoms with Crippen LogP contribution >= 0.6 is 0 Å². The molecule has 0 bridgehead atoms. The standard InChI is InChI=1S/C20H30N2O2/c1-2-24-18-10-8-16(9-11-18)14-20(23)21-15-17-6-5-13-22-12-4-3-7-19(17)22/h8-11,17,19H,2-7,12-15H2,1H3,(H,21,23). The van der Waals surface area contributed by atoms with Gasteiger partial charge in [0, 0.05) is 12.6 Å². The van der Waals surface area contributed by atoms with Gasteiger partial charge in [-0.3, -0.25) is 4.79 Å². The summed E-state index contributed by atoms with van der Waals surface area (Å²) in [7, 11) is 0. The van der Waals surface area contributed by atoms with Gasteiger partial charge < -0.3 is 15.0 Å². The number of nitrogens with zero attached hydrogens (tertiary/aromatic N) is 1. The van der Waals surface area contributed by atoms with Crippen LogP contribution in [0.5, 0.6) is 5.75 Å². The number of carbonyl (C=O) groups is 1. The van der Waals surface area contributed by atoms with E-state index in [1.54, 1.807) is 0 Å². The largest absolute Gasteiger partial charge is 0.494 e. The summed E-state index contributed by atoms with van der Waals surface area (Å²) in [6, 6.07) is 8.53. The van der Waals surface area contributed by atoms with Crippen molar-refractivity contribution >= 4 is 5.91 Å². The first kappa shape index (κ1) is 17.3. The summed E-state index contributed by atoms with van der Waals surface area (Å²) < 4.78 is 5.44. The minimum Gasteiger partial charge on any atom is -0.494 e. The fourth-order valence-electron chi connectivity index (χ4n) is 4.18. The van der Waals surface area contributed by atoms with Crippen LogP contribution in [-0.4, -0.2) is 43.1 Å². The van der Waals surface area contributed by atoms with Gasteiger partial charge in [-0.25, -0.2) is 0 Å². The number of rotatable bonds is 6. The molecule has 2 fully saturated rings. The van der Waals surface area contributed by atoms with Crippen LogP contribution in [0.4, 0.5) is 0 Å². The molecule has 132 valence electrons.